The van der Waals surface area contributed by atoms with Crippen LogP contribution in [-0.2, 0) is 6.67 Å². The van der Waals surface area contributed by atoms with Crippen LogP contribution >= 0.6 is 0 Å². The van der Waals surface area contributed by atoms with Crippen molar-refractivity contribution < 1.29 is 0 Å². The Morgan fingerprint density at radius 1 is 0.960 bits per heavy atom. The Labute approximate surface area is 147 Å². The molecule has 0 N–H and O–H groups in total. The predicted octanol–water partition coefficient (Wildman–Crippen LogP) is 3.62. The molecule has 4 heteroatoms. The van der Waals surface area contributed by atoms with E-state index < -0.39 is 0 Å². The Hall–Kier alpha value is -2.46. The van der Waals surface area contributed by atoms with E-state index in [1.54, 1.807) is 10.9 Å². The fourth-order valence-electron chi connectivity index (χ4n) is 3.77. The predicted molar refractivity (Wildman–Crippen MR) is 101 cm³/mol. The molecular formula is C21H23N3O. The molecule has 0 radical (unpaired) electrons. The number of nitrogens with zero attached hydrogens (tertiary/aromatic N) is 3. The van der Waals surface area contributed by atoms with Crippen molar-refractivity contribution >= 4 is 10.8 Å². The van der Waals surface area contributed by atoms with Gasteiger partial charge in [-0.3, -0.25) is 9.69 Å². The van der Waals surface area contributed by atoms with Crippen LogP contribution in [0.25, 0.3) is 10.8 Å². The van der Waals surface area contributed by atoms with Crippen LogP contribution in [0.15, 0.2) is 65.6 Å². The average Bonchev–Trinajstić information content (AvgIpc) is 2.91. The largest absolute Gasteiger partial charge is 0.284 e. The lowest BCUT2D eigenvalue weighted by Gasteiger charge is -2.20. The fourth-order valence-corrected chi connectivity index (χ4v) is 3.77. The zero-order valence-corrected chi connectivity index (χ0v) is 14.3. The van der Waals surface area contributed by atoms with Crippen LogP contribution in [0.5, 0.6) is 0 Å². The molecule has 1 atom stereocenters. The second kappa shape index (κ2) is 7.19. The molecule has 0 amide bonds. The third kappa shape index (κ3) is 3.49. The van der Waals surface area contributed by atoms with Gasteiger partial charge in [0.1, 0.15) is 0 Å². The van der Waals surface area contributed by atoms with E-state index in [4.69, 9.17) is 0 Å². The summed E-state index contributed by atoms with van der Waals surface area (Å²) < 4.78 is 1.60. The van der Waals surface area contributed by atoms with Gasteiger partial charge in [0.2, 0.25) is 0 Å². The molecule has 1 aliphatic rings. The van der Waals surface area contributed by atoms with Crippen molar-refractivity contribution in [3.8, 4) is 0 Å². The molecule has 1 saturated heterocycles. The minimum absolute atomic E-state index is 0.00181. The summed E-state index contributed by atoms with van der Waals surface area (Å²) in [7, 11) is 0. The van der Waals surface area contributed by atoms with Gasteiger partial charge in [-0.15, -0.1) is 0 Å². The number of fused-ring (bicyclic) bond motifs is 1. The number of aromatic nitrogens is 2. The van der Waals surface area contributed by atoms with Crippen molar-refractivity contribution in [2.24, 2.45) is 0 Å². The van der Waals surface area contributed by atoms with Gasteiger partial charge >= 0.3 is 0 Å². The van der Waals surface area contributed by atoms with Crippen LogP contribution in [0.3, 0.4) is 0 Å². The van der Waals surface area contributed by atoms with Crippen molar-refractivity contribution in [1.82, 2.24) is 14.7 Å². The van der Waals surface area contributed by atoms with E-state index in [2.05, 4.69) is 40.3 Å². The van der Waals surface area contributed by atoms with Gasteiger partial charge in [-0.2, -0.15) is 5.10 Å². The van der Waals surface area contributed by atoms with Crippen LogP contribution in [0.2, 0.25) is 0 Å². The SMILES string of the molecule is O=c1c2ccccc2cnn1CN1CCC[C@@H](c2ccccc2)CC1. The highest BCUT2D eigenvalue weighted by Gasteiger charge is 2.19. The molecule has 0 unspecified atom stereocenters. The summed E-state index contributed by atoms with van der Waals surface area (Å²) in [4.78, 5) is 15.0. The smallest absolute Gasteiger partial charge is 0.275 e. The minimum Gasteiger partial charge on any atom is -0.284 e. The van der Waals surface area contributed by atoms with Gasteiger partial charge in [0, 0.05) is 11.9 Å². The van der Waals surface area contributed by atoms with E-state index in [1.165, 1.54) is 12.0 Å². The number of hydrogen-bond acceptors (Lipinski definition) is 3. The monoisotopic (exact) mass is 333 g/mol. The van der Waals surface area contributed by atoms with Crippen molar-refractivity contribution in [3.05, 3.63) is 76.7 Å². The molecular weight excluding hydrogens is 310 g/mol. The first kappa shape index (κ1) is 16.0. The van der Waals surface area contributed by atoms with E-state index in [-0.39, 0.29) is 5.56 Å². The Kier molecular flexibility index (Phi) is 4.61. The van der Waals surface area contributed by atoms with Gasteiger partial charge in [-0.05, 0) is 43.4 Å². The second-order valence-corrected chi connectivity index (χ2v) is 6.83. The molecule has 1 aromatic heterocycles. The molecule has 0 aliphatic carbocycles. The molecule has 0 saturated carbocycles. The molecule has 0 bridgehead atoms. The van der Waals surface area contributed by atoms with Crippen LogP contribution < -0.4 is 5.56 Å². The van der Waals surface area contributed by atoms with E-state index in [9.17, 15) is 4.79 Å². The quantitative estimate of drug-likeness (QED) is 0.735. The summed E-state index contributed by atoms with van der Waals surface area (Å²) in [6.07, 6.45) is 5.29. The van der Waals surface area contributed by atoms with E-state index >= 15 is 0 Å². The third-order valence-electron chi connectivity index (χ3n) is 5.19. The standard InChI is InChI=1S/C21H23N3O/c25-21-20-11-5-4-9-19(20)15-22-24(21)16-23-13-6-10-18(12-14-23)17-7-2-1-3-8-17/h1-5,7-9,11,15,18H,6,10,12-14,16H2/t18-/m1/s1. The molecule has 4 nitrogen and oxygen atoms in total. The lowest BCUT2D eigenvalue weighted by Crippen LogP contribution is -2.34. The first-order chi connectivity index (χ1) is 12.3. The zero-order chi connectivity index (χ0) is 17.1. The van der Waals surface area contributed by atoms with Gasteiger partial charge in [-0.1, -0.05) is 48.5 Å². The molecule has 0 spiro atoms. The Morgan fingerprint density at radius 3 is 2.64 bits per heavy atom. The molecule has 1 fully saturated rings. The highest BCUT2D eigenvalue weighted by atomic mass is 16.1. The molecule has 2 heterocycles. The lowest BCUT2D eigenvalue weighted by atomic mass is 9.92. The van der Waals surface area contributed by atoms with Gasteiger partial charge in [-0.25, -0.2) is 4.68 Å². The summed E-state index contributed by atoms with van der Waals surface area (Å²) in [5, 5.41) is 6.02. The molecule has 2 aromatic carbocycles. The number of hydrogen-bond donors (Lipinski definition) is 0. The topological polar surface area (TPSA) is 38.1 Å². The maximum Gasteiger partial charge on any atom is 0.275 e. The highest BCUT2D eigenvalue weighted by Crippen LogP contribution is 2.27. The first-order valence-corrected chi connectivity index (χ1v) is 9.03. The van der Waals surface area contributed by atoms with Gasteiger partial charge in [0.15, 0.2) is 0 Å². The Balaban J connectivity index is 1.49. The van der Waals surface area contributed by atoms with Crippen LogP contribution in [0.1, 0.15) is 30.7 Å². The maximum absolute atomic E-state index is 12.6. The summed E-state index contributed by atoms with van der Waals surface area (Å²) >= 11 is 0. The summed E-state index contributed by atoms with van der Waals surface area (Å²) in [6, 6.07) is 18.4. The normalized spacial score (nSPS) is 19.0. The number of rotatable bonds is 3. The van der Waals surface area contributed by atoms with Crippen LogP contribution in [-0.4, -0.2) is 27.8 Å². The second-order valence-electron chi connectivity index (χ2n) is 6.83. The average molecular weight is 333 g/mol. The number of benzene rings is 2. The number of likely N-dealkylation sites (tertiary alicyclic amines) is 1. The Morgan fingerprint density at radius 2 is 1.76 bits per heavy atom. The molecule has 3 aromatic rings. The molecule has 25 heavy (non-hydrogen) atoms. The summed E-state index contributed by atoms with van der Waals surface area (Å²) in [5.41, 5.74) is 1.44. The first-order valence-electron chi connectivity index (χ1n) is 9.03. The highest BCUT2D eigenvalue weighted by molar-refractivity contribution is 5.80. The third-order valence-corrected chi connectivity index (χ3v) is 5.19. The molecule has 128 valence electrons. The summed E-state index contributed by atoms with van der Waals surface area (Å²) in [5.74, 6) is 0.618. The lowest BCUT2D eigenvalue weighted by molar-refractivity contribution is 0.210. The van der Waals surface area contributed by atoms with Gasteiger partial charge < -0.3 is 0 Å². The van der Waals surface area contributed by atoms with Gasteiger partial charge in [0.05, 0.1) is 18.3 Å². The van der Waals surface area contributed by atoms with Crippen LogP contribution in [0.4, 0.5) is 0 Å². The van der Waals surface area contributed by atoms with Crippen LogP contribution in [0, 0.1) is 0 Å². The minimum atomic E-state index is 0.00181. The van der Waals surface area contributed by atoms with Crippen molar-refractivity contribution in [3.63, 3.8) is 0 Å². The van der Waals surface area contributed by atoms with Crippen molar-refractivity contribution in [1.29, 1.82) is 0 Å². The van der Waals surface area contributed by atoms with E-state index in [1.807, 2.05) is 24.3 Å². The Bertz CT molecular complexity index is 904. The maximum atomic E-state index is 12.6. The van der Waals surface area contributed by atoms with E-state index in [0.29, 0.717) is 12.6 Å². The zero-order valence-electron chi connectivity index (χ0n) is 14.3. The fraction of sp³-hybridized carbons (Fsp3) is 0.333. The van der Waals surface area contributed by atoms with Crippen molar-refractivity contribution in [2.45, 2.75) is 31.8 Å². The molecule has 1 aliphatic heterocycles. The molecule has 4 rings (SSSR count). The van der Waals surface area contributed by atoms with Gasteiger partial charge in [0.25, 0.3) is 5.56 Å². The van der Waals surface area contributed by atoms with Crippen molar-refractivity contribution in [2.75, 3.05) is 13.1 Å². The summed E-state index contributed by atoms with van der Waals surface area (Å²) in [6.45, 7) is 2.59. The van der Waals surface area contributed by atoms with E-state index in [0.717, 1.165) is 36.7 Å².